The van der Waals surface area contributed by atoms with Crippen LogP contribution in [0.25, 0.3) is 0 Å². The Balaban J connectivity index is 3.43. The monoisotopic (exact) mass is 148 g/mol. The lowest BCUT2D eigenvalue weighted by Gasteiger charge is -2.18. The molecule has 0 aliphatic carbocycles. The molecule has 0 fully saturated rings. The van der Waals surface area contributed by atoms with E-state index in [4.69, 9.17) is 9.47 Å². The highest BCUT2D eigenvalue weighted by Gasteiger charge is 2.19. The van der Waals surface area contributed by atoms with Gasteiger partial charge in [0, 0.05) is 26.7 Å². The molecule has 56 valence electrons. The topological polar surface area (TPSA) is 18.5 Å². The zero-order valence-electron chi connectivity index (χ0n) is 6.73. The van der Waals surface area contributed by atoms with Crippen LogP contribution in [0.15, 0.2) is 0 Å². The molecule has 0 aliphatic heterocycles. The van der Waals surface area contributed by atoms with Crippen LogP contribution in [-0.2, 0) is 9.47 Å². The van der Waals surface area contributed by atoms with Crippen LogP contribution in [0.3, 0.4) is 0 Å². The van der Waals surface area contributed by atoms with E-state index < -0.39 is 8.07 Å². The highest BCUT2D eigenvalue weighted by atomic mass is 28.3. The Morgan fingerprint density at radius 2 is 1.33 bits per heavy atom. The first-order valence-corrected chi connectivity index (χ1v) is 6.52. The quantitative estimate of drug-likeness (QED) is 0.555. The summed E-state index contributed by atoms with van der Waals surface area (Å²) in [5, 5.41) is 0. The molecule has 2 nitrogen and oxygen atoms in total. The summed E-state index contributed by atoms with van der Waals surface area (Å²) in [6.07, 6.45) is 1.78. The minimum atomic E-state index is -1.15. The molecule has 0 heterocycles. The number of ether oxygens (including phenoxy) is 2. The van der Waals surface area contributed by atoms with Crippen LogP contribution in [-0.4, -0.2) is 34.8 Å². The maximum Gasteiger partial charge on any atom is 0.107 e. The van der Waals surface area contributed by atoms with Crippen molar-refractivity contribution in [2.75, 3.05) is 26.7 Å². The van der Waals surface area contributed by atoms with E-state index in [1.165, 1.54) is 0 Å². The van der Waals surface area contributed by atoms with Crippen molar-refractivity contribution in [2.24, 2.45) is 0 Å². The molecule has 0 radical (unpaired) electrons. The summed E-state index contributed by atoms with van der Waals surface area (Å²) < 4.78 is 10.1. The Morgan fingerprint density at radius 3 is 1.56 bits per heavy atom. The van der Waals surface area contributed by atoms with Crippen LogP contribution in [0.5, 0.6) is 0 Å². The second-order valence-corrected chi connectivity index (χ2v) is 7.94. The number of hydrogen-bond acceptors (Lipinski definition) is 2. The molecule has 0 aromatic carbocycles. The van der Waals surface area contributed by atoms with Crippen molar-refractivity contribution in [3.05, 3.63) is 0 Å². The van der Waals surface area contributed by atoms with E-state index in [-0.39, 0.29) is 0 Å². The van der Waals surface area contributed by atoms with Gasteiger partial charge in [-0.1, -0.05) is 13.1 Å². The Morgan fingerprint density at radius 1 is 1.00 bits per heavy atom. The summed E-state index contributed by atoms with van der Waals surface area (Å²) in [7, 11) is 2.33. The standard InChI is InChI=1S/C6H16O2Si/c1-7-5-9(3,4)6-8-2/h5-6H2,1-4H3. The van der Waals surface area contributed by atoms with Crippen LogP contribution < -0.4 is 0 Å². The Labute approximate surface area is 58.2 Å². The molecule has 0 unspecified atom stereocenters. The molecule has 0 aromatic rings. The van der Waals surface area contributed by atoms with E-state index in [2.05, 4.69) is 13.1 Å². The molecule has 9 heavy (non-hydrogen) atoms. The van der Waals surface area contributed by atoms with Crippen molar-refractivity contribution in [3.8, 4) is 0 Å². The highest BCUT2D eigenvalue weighted by molar-refractivity contribution is 6.77. The molecule has 0 amide bonds. The first-order valence-electron chi connectivity index (χ1n) is 3.10. The van der Waals surface area contributed by atoms with Crippen LogP contribution in [0.1, 0.15) is 0 Å². The van der Waals surface area contributed by atoms with E-state index in [1.54, 1.807) is 14.2 Å². The van der Waals surface area contributed by atoms with Gasteiger partial charge in [0.05, 0.1) is 0 Å². The van der Waals surface area contributed by atoms with Gasteiger partial charge in [-0.2, -0.15) is 0 Å². The van der Waals surface area contributed by atoms with Crippen LogP contribution in [0, 0.1) is 0 Å². The second-order valence-electron chi connectivity index (χ2n) is 3.03. The van der Waals surface area contributed by atoms with Gasteiger partial charge in [0.15, 0.2) is 0 Å². The maximum absolute atomic E-state index is 5.04. The lowest BCUT2D eigenvalue weighted by atomic mass is 11.5. The van der Waals surface area contributed by atoms with Gasteiger partial charge >= 0.3 is 0 Å². The first-order chi connectivity index (χ1) is 4.12. The van der Waals surface area contributed by atoms with Crippen molar-refractivity contribution in [1.82, 2.24) is 0 Å². The predicted octanol–water partition coefficient (Wildman–Crippen LogP) is 1.07. The van der Waals surface area contributed by atoms with Crippen LogP contribution in [0.4, 0.5) is 0 Å². The van der Waals surface area contributed by atoms with E-state index in [0.29, 0.717) is 0 Å². The third kappa shape index (κ3) is 4.63. The molecule has 0 aromatic heterocycles. The molecule has 0 saturated carbocycles. The van der Waals surface area contributed by atoms with Gasteiger partial charge in [-0.05, 0) is 0 Å². The predicted molar refractivity (Wildman–Crippen MR) is 41.2 cm³/mol. The summed E-state index contributed by atoms with van der Waals surface area (Å²) in [5.74, 6) is 0. The summed E-state index contributed by atoms with van der Waals surface area (Å²) in [6.45, 7) is 4.50. The van der Waals surface area contributed by atoms with E-state index in [1.807, 2.05) is 0 Å². The minimum absolute atomic E-state index is 0.890. The van der Waals surface area contributed by atoms with Crippen molar-refractivity contribution in [1.29, 1.82) is 0 Å². The first kappa shape index (κ1) is 9.14. The average Bonchev–Trinajstić information content (AvgIpc) is 1.64. The lowest BCUT2D eigenvalue weighted by molar-refractivity contribution is 0.218. The molecule has 0 bridgehead atoms. The fourth-order valence-corrected chi connectivity index (χ4v) is 2.47. The summed E-state index contributed by atoms with van der Waals surface area (Å²) in [4.78, 5) is 0. The van der Waals surface area contributed by atoms with E-state index in [9.17, 15) is 0 Å². The average molecular weight is 148 g/mol. The zero-order valence-corrected chi connectivity index (χ0v) is 7.73. The van der Waals surface area contributed by atoms with Crippen molar-refractivity contribution in [2.45, 2.75) is 13.1 Å². The van der Waals surface area contributed by atoms with Crippen molar-refractivity contribution >= 4 is 8.07 Å². The smallest absolute Gasteiger partial charge is 0.107 e. The van der Waals surface area contributed by atoms with E-state index in [0.717, 1.165) is 12.5 Å². The van der Waals surface area contributed by atoms with Gasteiger partial charge in [-0.25, -0.2) is 0 Å². The van der Waals surface area contributed by atoms with Crippen molar-refractivity contribution < 1.29 is 9.47 Å². The summed E-state index contributed by atoms with van der Waals surface area (Å²) in [6, 6.07) is 0. The summed E-state index contributed by atoms with van der Waals surface area (Å²) in [5.41, 5.74) is 0. The number of rotatable bonds is 4. The zero-order chi connectivity index (χ0) is 7.33. The molecular weight excluding hydrogens is 132 g/mol. The van der Waals surface area contributed by atoms with Gasteiger partial charge in [0.25, 0.3) is 0 Å². The molecule has 0 rings (SSSR count). The fourth-order valence-electron chi connectivity index (χ4n) is 0.823. The van der Waals surface area contributed by atoms with E-state index >= 15 is 0 Å². The number of hydrogen-bond donors (Lipinski definition) is 0. The van der Waals surface area contributed by atoms with Crippen LogP contribution in [0.2, 0.25) is 13.1 Å². The molecule has 0 aliphatic rings. The number of methoxy groups -OCH3 is 2. The van der Waals surface area contributed by atoms with Gasteiger partial charge in [0.2, 0.25) is 0 Å². The SMILES string of the molecule is COC[Si](C)(C)COC. The molecule has 0 N–H and O–H groups in total. The Kier molecular flexibility index (Phi) is 4.09. The van der Waals surface area contributed by atoms with Gasteiger partial charge in [-0.15, -0.1) is 0 Å². The molecule has 0 saturated heterocycles. The third-order valence-corrected chi connectivity index (χ3v) is 3.21. The maximum atomic E-state index is 5.04. The van der Waals surface area contributed by atoms with Crippen LogP contribution >= 0.6 is 0 Å². The summed E-state index contributed by atoms with van der Waals surface area (Å²) >= 11 is 0. The minimum Gasteiger partial charge on any atom is -0.388 e. The Hall–Kier alpha value is 0.137. The third-order valence-electron chi connectivity index (χ3n) is 1.07. The second kappa shape index (κ2) is 4.03. The molecular formula is C6H16O2Si. The fraction of sp³-hybridized carbons (Fsp3) is 1.00. The molecule has 3 heteroatoms. The van der Waals surface area contributed by atoms with Crippen molar-refractivity contribution in [3.63, 3.8) is 0 Å². The van der Waals surface area contributed by atoms with Gasteiger partial charge in [-0.3, -0.25) is 0 Å². The highest BCUT2D eigenvalue weighted by Crippen LogP contribution is 2.00. The lowest BCUT2D eigenvalue weighted by Crippen LogP contribution is -2.38. The Bertz CT molecular complexity index is 65.5. The molecule has 0 atom stereocenters. The normalized spacial score (nSPS) is 12.0. The largest absolute Gasteiger partial charge is 0.388 e. The molecule has 0 spiro atoms. The van der Waals surface area contributed by atoms with Gasteiger partial charge < -0.3 is 9.47 Å². The van der Waals surface area contributed by atoms with Gasteiger partial charge in [0.1, 0.15) is 8.07 Å².